The molecule has 0 radical (unpaired) electrons. The summed E-state index contributed by atoms with van der Waals surface area (Å²) in [7, 11) is 3.93. The number of hydrogen-bond acceptors (Lipinski definition) is 4. The molecule has 2 atom stereocenters. The van der Waals surface area contributed by atoms with Gasteiger partial charge in [-0.1, -0.05) is 13.0 Å². The maximum Gasteiger partial charge on any atom is 0.248 e. The molecule has 0 aromatic rings. The Morgan fingerprint density at radius 3 is 2.67 bits per heavy atom. The first kappa shape index (κ1) is 20.4. The Hall–Kier alpha value is -1.68. The monoisotopic (exact) mass is 500 g/mol. The summed E-state index contributed by atoms with van der Waals surface area (Å²) in [5, 5.41) is 4.90. The van der Waals surface area contributed by atoms with Crippen molar-refractivity contribution < 1.29 is 35.4 Å². The first-order valence-electron chi connectivity index (χ1n) is 7.76. The molecule has 2 unspecified atom stereocenters. The Labute approximate surface area is 156 Å². The average molecular weight is 500 g/mol. The van der Waals surface area contributed by atoms with Crippen LogP contribution in [0.1, 0.15) is 26.2 Å². The van der Waals surface area contributed by atoms with Crippen molar-refractivity contribution in [3.05, 3.63) is 35.6 Å². The molecule has 0 aromatic heterocycles. The van der Waals surface area contributed by atoms with Crippen molar-refractivity contribution >= 4 is 17.7 Å². The van der Waals surface area contributed by atoms with Gasteiger partial charge in [-0.15, -0.1) is 11.6 Å². The van der Waals surface area contributed by atoms with Crippen LogP contribution in [0.25, 0.3) is 0 Å². The van der Waals surface area contributed by atoms with E-state index in [1.54, 1.807) is 6.08 Å². The van der Waals surface area contributed by atoms with Gasteiger partial charge in [0.2, 0.25) is 11.8 Å². The van der Waals surface area contributed by atoms with E-state index in [4.69, 9.17) is 0 Å². The van der Waals surface area contributed by atoms with Crippen molar-refractivity contribution in [2.75, 3.05) is 14.1 Å². The molecule has 6 nitrogen and oxygen atoms in total. The number of nitrogens with zero attached hydrogens (tertiary/aromatic N) is 1. The van der Waals surface area contributed by atoms with Gasteiger partial charge in [0.15, 0.2) is 0 Å². The van der Waals surface area contributed by atoms with Crippen molar-refractivity contribution in [1.82, 2.24) is 15.5 Å². The third kappa shape index (κ3) is 4.90. The molecule has 1 aliphatic carbocycles. The molecule has 0 aromatic carbocycles. The fourth-order valence-corrected chi connectivity index (χ4v) is 2.63. The maximum absolute atomic E-state index is 12.3. The van der Waals surface area contributed by atoms with Crippen molar-refractivity contribution in [3.8, 4) is 0 Å². The van der Waals surface area contributed by atoms with Crippen LogP contribution in [0.15, 0.2) is 29.5 Å². The zero-order chi connectivity index (χ0) is 17.0. The summed E-state index contributed by atoms with van der Waals surface area (Å²) in [6.07, 6.45) is 10.00. The Balaban J connectivity index is 0.00000288. The third-order valence-electron chi connectivity index (χ3n) is 3.99. The van der Waals surface area contributed by atoms with Gasteiger partial charge in [0.25, 0.3) is 0 Å². The zero-order valence-corrected chi connectivity index (χ0v) is 17.0. The van der Waals surface area contributed by atoms with E-state index in [1.807, 2.05) is 31.1 Å². The van der Waals surface area contributed by atoms with E-state index in [1.165, 1.54) is 0 Å². The first-order valence-corrected chi connectivity index (χ1v) is 7.76. The second-order valence-corrected chi connectivity index (χ2v) is 5.87. The second kappa shape index (κ2) is 8.97. The van der Waals surface area contributed by atoms with Crippen LogP contribution in [-0.4, -0.2) is 42.8 Å². The number of hydrogen-bond donors (Lipinski definition) is 2. The molecule has 0 saturated carbocycles. The normalized spacial score (nSPS) is 23.3. The molecule has 1 heterocycles. The number of rotatable bonds is 4. The maximum atomic E-state index is 12.3. The molecular weight excluding hydrogens is 478 g/mol. The van der Waals surface area contributed by atoms with Gasteiger partial charge < -0.3 is 15.0 Å². The van der Waals surface area contributed by atoms with Crippen LogP contribution in [0.5, 0.6) is 0 Å². The summed E-state index contributed by atoms with van der Waals surface area (Å²) in [4.78, 5) is 37.2. The van der Waals surface area contributed by atoms with Crippen molar-refractivity contribution in [2.45, 2.75) is 32.2 Å². The van der Waals surface area contributed by atoms with E-state index in [2.05, 4.69) is 23.6 Å². The summed E-state index contributed by atoms with van der Waals surface area (Å²) in [5.41, 5.74) is 1.48. The molecule has 1 aliphatic heterocycles. The average Bonchev–Trinajstić information content (AvgIpc) is 2.72. The molecular formula is C17H22N3O3W-. The number of allylic oxidation sites excluding steroid dienone is 3. The van der Waals surface area contributed by atoms with Crippen LogP contribution in [0.4, 0.5) is 0 Å². The fraction of sp³-hybridized carbons (Fsp3) is 0.471. The van der Waals surface area contributed by atoms with Gasteiger partial charge in [0, 0.05) is 53.2 Å². The molecule has 3 amide bonds. The van der Waals surface area contributed by atoms with E-state index in [9.17, 15) is 14.4 Å². The van der Waals surface area contributed by atoms with Crippen molar-refractivity contribution in [2.24, 2.45) is 5.92 Å². The van der Waals surface area contributed by atoms with Crippen LogP contribution in [-0.2, 0) is 35.4 Å². The van der Waals surface area contributed by atoms with Gasteiger partial charge in [-0.25, -0.2) is 0 Å². The van der Waals surface area contributed by atoms with Crippen LogP contribution in [0, 0.1) is 12.0 Å². The zero-order valence-electron chi connectivity index (χ0n) is 14.1. The van der Waals surface area contributed by atoms with Crippen LogP contribution in [0.3, 0.4) is 0 Å². The van der Waals surface area contributed by atoms with Gasteiger partial charge in [-0.2, -0.15) is 12.2 Å². The molecule has 130 valence electrons. The first-order chi connectivity index (χ1) is 10.9. The number of carbonyl (C=O) groups is 3. The molecule has 24 heavy (non-hydrogen) atoms. The standard InChI is InChI=1S/C17H22N3O3.W/c1-4-11-5-6-12(7-9-14(11)20(2)3)16(22)18-13-8-10-15(21)19-17(13)23;/h5,7,9,11,13H,4,8,10H2,1-3H3,(H,18,22)(H,19,21,23);/q-1;. The molecule has 2 rings (SSSR count). The molecule has 0 spiro atoms. The minimum absolute atomic E-state index is 0. The summed E-state index contributed by atoms with van der Waals surface area (Å²) in [6, 6.07) is -0.676. The predicted octanol–water partition coefficient (Wildman–Crippen LogP) is 0.676. The van der Waals surface area contributed by atoms with Crippen LogP contribution >= 0.6 is 0 Å². The van der Waals surface area contributed by atoms with E-state index in [0.29, 0.717) is 12.0 Å². The number of piperidine rings is 1. The number of nitrogens with one attached hydrogen (secondary N) is 2. The summed E-state index contributed by atoms with van der Waals surface area (Å²) in [6.45, 7) is 2.08. The molecule has 2 aliphatic rings. The van der Waals surface area contributed by atoms with Crippen LogP contribution in [0.2, 0.25) is 0 Å². The third-order valence-corrected chi connectivity index (χ3v) is 3.99. The fourth-order valence-electron chi connectivity index (χ4n) is 2.63. The van der Waals surface area contributed by atoms with Gasteiger partial charge in [0.1, 0.15) is 5.91 Å². The quantitative estimate of drug-likeness (QED) is 0.440. The Morgan fingerprint density at radius 1 is 1.38 bits per heavy atom. The minimum atomic E-state index is -0.676. The Bertz CT molecular complexity index is 608. The van der Waals surface area contributed by atoms with E-state index >= 15 is 0 Å². The predicted molar refractivity (Wildman–Crippen MR) is 85.8 cm³/mol. The molecule has 2 N–H and O–H groups in total. The van der Waals surface area contributed by atoms with Gasteiger partial charge in [-0.3, -0.25) is 14.9 Å². The Morgan fingerprint density at radius 2 is 2.08 bits per heavy atom. The molecule has 0 bridgehead atoms. The van der Waals surface area contributed by atoms with Crippen molar-refractivity contribution in [3.63, 3.8) is 0 Å². The molecule has 1 saturated heterocycles. The topological polar surface area (TPSA) is 78.5 Å². The van der Waals surface area contributed by atoms with Gasteiger partial charge in [0.05, 0.1) is 6.04 Å². The van der Waals surface area contributed by atoms with Gasteiger partial charge >= 0.3 is 0 Å². The number of amides is 3. The summed E-state index contributed by atoms with van der Waals surface area (Å²) >= 11 is 0. The van der Waals surface area contributed by atoms with E-state index in [-0.39, 0.29) is 45.2 Å². The number of carbonyl (C=O) groups excluding carboxylic acids is 3. The second-order valence-electron chi connectivity index (χ2n) is 5.87. The minimum Gasteiger partial charge on any atom is -0.394 e. The largest absolute Gasteiger partial charge is 0.394 e. The molecule has 1 fully saturated rings. The summed E-state index contributed by atoms with van der Waals surface area (Å²) in [5.74, 6) is -0.919. The smallest absolute Gasteiger partial charge is 0.248 e. The molecule has 7 heteroatoms. The number of imide groups is 1. The summed E-state index contributed by atoms with van der Waals surface area (Å²) < 4.78 is 0. The Kier molecular flexibility index (Phi) is 7.61. The van der Waals surface area contributed by atoms with E-state index < -0.39 is 11.9 Å². The van der Waals surface area contributed by atoms with Crippen LogP contribution < -0.4 is 10.6 Å². The SMILES string of the molecule is CCC1C=[C-]C(C(=O)NC2CCC(=O)NC2=O)=CC=C1N(C)C.[W]. The van der Waals surface area contributed by atoms with E-state index in [0.717, 1.165) is 12.1 Å². The van der Waals surface area contributed by atoms with Crippen molar-refractivity contribution in [1.29, 1.82) is 0 Å². The van der Waals surface area contributed by atoms with Gasteiger partial charge in [-0.05, 0) is 12.8 Å².